The lowest BCUT2D eigenvalue weighted by molar-refractivity contribution is -0.141. The minimum Gasteiger partial charge on any atom is -0.479 e. The second-order valence-corrected chi connectivity index (χ2v) is 5.53. The molecule has 1 unspecified atom stereocenters. The van der Waals surface area contributed by atoms with Gasteiger partial charge in [0, 0.05) is 17.6 Å². The van der Waals surface area contributed by atoms with Crippen LogP contribution in [0.4, 0.5) is 5.69 Å². The van der Waals surface area contributed by atoms with Crippen molar-refractivity contribution in [1.29, 1.82) is 0 Å². The third-order valence-corrected chi connectivity index (χ3v) is 3.89. The summed E-state index contributed by atoms with van der Waals surface area (Å²) < 4.78 is 0. The number of carbonyl (C=O) groups is 2. The lowest BCUT2D eigenvalue weighted by atomic mass is 10.2. The number of carbonyl (C=O) groups excluding carboxylic acids is 1. The molecule has 1 amide bonds. The summed E-state index contributed by atoms with van der Waals surface area (Å²) in [6.45, 7) is 0.0964. The van der Waals surface area contributed by atoms with E-state index >= 15 is 0 Å². The van der Waals surface area contributed by atoms with Crippen LogP contribution in [0.15, 0.2) is 47.8 Å². The number of anilines is 1. The van der Waals surface area contributed by atoms with Crippen LogP contribution in [0, 0.1) is 0 Å². The van der Waals surface area contributed by atoms with E-state index in [0.717, 1.165) is 5.69 Å². The van der Waals surface area contributed by atoms with Gasteiger partial charge in [-0.25, -0.2) is 4.79 Å². The molecule has 0 bridgehead atoms. The molecule has 0 aliphatic heterocycles. The summed E-state index contributed by atoms with van der Waals surface area (Å²) in [5.74, 6) is -1.39. The number of aliphatic carboxylic acids is 1. The largest absolute Gasteiger partial charge is 0.479 e. The standard InChI is InChI=1S/C15H16N2O3S/c1-17(11-6-3-2-4-7-11)10-13(18)16-14(15(19)20)12-8-5-9-21-12/h2-9,14H,10H2,1H3,(H,16,18)(H,19,20). The molecule has 1 aromatic heterocycles. The maximum Gasteiger partial charge on any atom is 0.331 e. The van der Waals surface area contributed by atoms with Gasteiger partial charge >= 0.3 is 5.97 Å². The van der Waals surface area contributed by atoms with Gasteiger partial charge in [0.25, 0.3) is 0 Å². The van der Waals surface area contributed by atoms with Crippen molar-refractivity contribution >= 4 is 28.9 Å². The van der Waals surface area contributed by atoms with Crippen LogP contribution >= 0.6 is 11.3 Å². The Morgan fingerprint density at radius 2 is 1.95 bits per heavy atom. The number of benzene rings is 1. The Labute approximate surface area is 126 Å². The normalized spacial score (nSPS) is 11.7. The Morgan fingerprint density at radius 3 is 2.52 bits per heavy atom. The van der Waals surface area contributed by atoms with Crippen LogP contribution < -0.4 is 10.2 Å². The maximum atomic E-state index is 12.0. The third kappa shape index (κ3) is 4.06. The average molecular weight is 304 g/mol. The summed E-state index contributed by atoms with van der Waals surface area (Å²) in [6, 6.07) is 11.9. The van der Waals surface area contributed by atoms with Crippen LogP contribution in [0.1, 0.15) is 10.9 Å². The zero-order valence-electron chi connectivity index (χ0n) is 11.5. The highest BCUT2D eigenvalue weighted by molar-refractivity contribution is 7.10. The van der Waals surface area contributed by atoms with Crippen LogP contribution in [0.5, 0.6) is 0 Å². The molecular weight excluding hydrogens is 288 g/mol. The molecular formula is C15H16N2O3S. The average Bonchev–Trinajstić information content (AvgIpc) is 2.99. The highest BCUT2D eigenvalue weighted by Gasteiger charge is 2.23. The highest BCUT2D eigenvalue weighted by Crippen LogP contribution is 2.19. The van der Waals surface area contributed by atoms with Crippen molar-refractivity contribution in [2.24, 2.45) is 0 Å². The molecule has 5 nitrogen and oxygen atoms in total. The second-order valence-electron chi connectivity index (χ2n) is 4.55. The number of nitrogens with zero attached hydrogens (tertiary/aromatic N) is 1. The van der Waals surface area contributed by atoms with Gasteiger partial charge in [0.1, 0.15) is 0 Å². The van der Waals surface area contributed by atoms with Crippen molar-refractivity contribution in [3.05, 3.63) is 52.7 Å². The molecule has 0 fully saturated rings. The number of hydrogen-bond donors (Lipinski definition) is 2. The number of carboxylic acid groups (broad SMARTS) is 1. The monoisotopic (exact) mass is 304 g/mol. The lowest BCUT2D eigenvalue weighted by Gasteiger charge is -2.20. The number of nitrogens with one attached hydrogen (secondary N) is 1. The fraction of sp³-hybridized carbons (Fsp3) is 0.200. The first kappa shape index (κ1) is 15.1. The Morgan fingerprint density at radius 1 is 1.24 bits per heavy atom. The van der Waals surface area contributed by atoms with Crippen LogP contribution in [-0.2, 0) is 9.59 Å². The van der Waals surface area contributed by atoms with Gasteiger partial charge in [-0.3, -0.25) is 4.79 Å². The van der Waals surface area contributed by atoms with Crippen LogP contribution in [0.25, 0.3) is 0 Å². The summed E-state index contributed by atoms with van der Waals surface area (Å²) >= 11 is 1.31. The number of hydrogen-bond acceptors (Lipinski definition) is 4. The van der Waals surface area contributed by atoms with Crippen LogP contribution in [0.3, 0.4) is 0 Å². The Kier molecular flexibility index (Phi) is 4.94. The molecule has 2 aromatic rings. The number of para-hydroxylation sites is 1. The van der Waals surface area contributed by atoms with Crippen molar-refractivity contribution in [3.8, 4) is 0 Å². The predicted octanol–water partition coefficient (Wildman–Crippen LogP) is 2.13. The fourth-order valence-electron chi connectivity index (χ4n) is 1.91. The molecule has 1 heterocycles. The molecule has 110 valence electrons. The molecule has 0 radical (unpaired) electrons. The summed E-state index contributed by atoms with van der Waals surface area (Å²) in [4.78, 5) is 25.7. The first-order valence-electron chi connectivity index (χ1n) is 6.39. The van der Waals surface area contributed by atoms with E-state index in [0.29, 0.717) is 4.88 Å². The van der Waals surface area contributed by atoms with Crippen molar-refractivity contribution in [2.75, 3.05) is 18.5 Å². The number of carboxylic acids is 1. The van der Waals surface area contributed by atoms with Gasteiger partial charge in [-0.05, 0) is 23.6 Å². The van der Waals surface area contributed by atoms with E-state index in [-0.39, 0.29) is 12.5 Å². The molecule has 0 spiro atoms. The quantitative estimate of drug-likeness (QED) is 0.858. The Balaban J connectivity index is 1.99. The zero-order chi connectivity index (χ0) is 15.2. The van der Waals surface area contributed by atoms with Gasteiger partial charge in [0.05, 0.1) is 6.54 Å². The molecule has 0 aliphatic rings. The minimum atomic E-state index is -1.06. The van der Waals surface area contributed by atoms with Gasteiger partial charge in [-0.15, -0.1) is 11.3 Å². The highest BCUT2D eigenvalue weighted by atomic mass is 32.1. The Bertz CT molecular complexity index is 599. The van der Waals surface area contributed by atoms with E-state index in [9.17, 15) is 14.7 Å². The second kappa shape index (κ2) is 6.90. The molecule has 21 heavy (non-hydrogen) atoms. The molecule has 6 heteroatoms. The molecule has 1 atom stereocenters. The number of thiophene rings is 1. The van der Waals surface area contributed by atoms with E-state index in [4.69, 9.17) is 0 Å². The molecule has 1 aromatic carbocycles. The zero-order valence-corrected chi connectivity index (χ0v) is 12.3. The van der Waals surface area contributed by atoms with Crippen LogP contribution in [-0.4, -0.2) is 30.6 Å². The number of likely N-dealkylation sites (N-methyl/N-ethyl adjacent to an activating group) is 1. The van der Waals surface area contributed by atoms with Gasteiger partial charge in [0.2, 0.25) is 5.91 Å². The van der Waals surface area contributed by atoms with Gasteiger partial charge in [-0.2, -0.15) is 0 Å². The van der Waals surface area contributed by atoms with Crippen molar-refractivity contribution in [1.82, 2.24) is 5.32 Å². The topological polar surface area (TPSA) is 69.6 Å². The smallest absolute Gasteiger partial charge is 0.331 e. The Hall–Kier alpha value is -2.34. The fourth-order valence-corrected chi connectivity index (χ4v) is 2.67. The van der Waals surface area contributed by atoms with E-state index in [1.165, 1.54) is 11.3 Å². The van der Waals surface area contributed by atoms with E-state index < -0.39 is 12.0 Å². The van der Waals surface area contributed by atoms with Crippen molar-refractivity contribution < 1.29 is 14.7 Å². The van der Waals surface area contributed by atoms with Crippen molar-refractivity contribution in [3.63, 3.8) is 0 Å². The first-order valence-corrected chi connectivity index (χ1v) is 7.27. The minimum absolute atomic E-state index is 0.0964. The molecule has 0 saturated carbocycles. The predicted molar refractivity (Wildman–Crippen MR) is 82.6 cm³/mol. The van der Waals surface area contributed by atoms with Gasteiger partial charge in [0.15, 0.2) is 6.04 Å². The summed E-state index contributed by atoms with van der Waals surface area (Å²) in [5.41, 5.74) is 0.899. The summed E-state index contributed by atoms with van der Waals surface area (Å²) in [5, 5.41) is 13.6. The number of amides is 1. The third-order valence-electron chi connectivity index (χ3n) is 2.96. The molecule has 2 N–H and O–H groups in total. The van der Waals surface area contributed by atoms with Crippen molar-refractivity contribution in [2.45, 2.75) is 6.04 Å². The summed E-state index contributed by atoms with van der Waals surface area (Å²) in [7, 11) is 1.79. The SMILES string of the molecule is CN(CC(=O)NC(C(=O)O)c1cccs1)c1ccccc1. The number of rotatable bonds is 6. The molecule has 0 saturated heterocycles. The van der Waals surface area contributed by atoms with E-state index in [1.807, 2.05) is 30.3 Å². The van der Waals surface area contributed by atoms with E-state index in [2.05, 4.69) is 5.32 Å². The van der Waals surface area contributed by atoms with E-state index in [1.54, 1.807) is 29.5 Å². The van der Waals surface area contributed by atoms with Crippen LogP contribution in [0.2, 0.25) is 0 Å². The van der Waals surface area contributed by atoms with Gasteiger partial charge in [-0.1, -0.05) is 24.3 Å². The first-order chi connectivity index (χ1) is 10.1. The molecule has 2 rings (SSSR count). The maximum absolute atomic E-state index is 12.0. The summed E-state index contributed by atoms with van der Waals surface area (Å²) in [6.07, 6.45) is 0. The lowest BCUT2D eigenvalue weighted by Crippen LogP contribution is -2.39. The van der Waals surface area contributed by atoms with Gasteiger partial charge < -0.3 is 15.3 Å². The molecule has 0 aliphatic carbocycles.